The SMILES string of the molecule is CCc1cccc(C)c1NC(=O)CNC(=O)C(C)C. The van der Waals surface area contributed by atoms with Gasteiger partial charge in [-0.25, -0.2) is 0 Å². The predicted octanol–water partition coefficient (Wildman–Crippen LogP) is 2.27. The Bertz CT molecular complexity index is 467. The molecule has 0 fully saturated rings. The van der Waals surface area contributed by atoms with Crippen LogP contribution in [-0.4, -0.2) is 18.4 Å². The number of aryl methyl sites for hydroxylation is 2. The summed E-state index contributed by atoms with van der Waals surface area (Å²) in [5, 5.41) is 5.48. The van der Waals surface area contributed by atoms with Crippen LogP contribution in [0.1, 0.15) is 31.9 Å². The first kappa shape index (κ1) is 15.2. The number of rotatable bonds is 5. The molecule has 0 saturated carbocycles. The van der Waals surface area contributed by atoms with Crippen molar-refractivity contribution >= 4 is 17.5 Å². The summed E-state index contributed by atoms with van der Waals surface area (Å²) < 4.78 is 0. The molecule has 4 nitrogen and oxygen atoms in total. The van der Waals surface area contributed by atoms with Crippen LogP contribution in [0.4, 0.5) is 5.69 Å². The van der Waals surface area contributed by atoms with E-state index >= 15 is 0 Å². The van der Waals surface area contributed by atoms with Crippen LogP contribution in [0.2, 0.25) is 0 Å². The number of nitrogens with one attached hydrogen (secondary N) is 2. The van der Waals surface area contributed by atoms with Crippen LogP contribution in [0.25, 0.3) is 0 Å². The van der Waals surface area contributed by atoms with E-state index in [0.29, 0.717) is 0 Å². The van der Waals surface area contributed by atoms with Crippen molar-refractivity contribution in [1.29, 1.82) is 0 Å². The fraction of sp³-hybridized carbons (Fsp3) is 0.467. The van der Waals surface area contributed by atoms with Crippen molar-refractivity contribution in [2.75, 3.05) is 11.9 Å². The second-order valence-electron chi connectivity index (χ2n) is 4.88. The maximum Gasteiger partial charge on any atom is 0.243 e. The van der Waals surface area contributed by atoms with E-state index in [0.717, 1.165) is 23.2 Å². The van der Waals surface area contributed by atoms with E-state index in [4.69, 9.17) is 0 Å². The van der Waals surface area contributed by atoms with Crippen LogP contribution in [0.5, 0.6) is 0 Å². The topological polar surface area (TPSA) is 58.2 Å². The van der Waals surface area contributed by atoms with E-state index in [9.17, 15) is 9.59 Å². The highest BCUT2D eigenvalue weighted by Crippen LogP contribution is 2.20. The predicted molar refractivity (Wildman–Crippen MR) is 77.0 cm³/mol. The van der Waals surface area contributed by atoms with Gasteiger partial charge in [-0.15, -0.1) is 0 Å². The number of amides is 2. The average Bonchev–Trinajstić information content (AvgIpc) is 2.38. The molecular weight excluding hydrogens is 240 g/mol. The Labute approximate surface area is 114 Å². The van der Waals surface area contributed by atoms with E-state index in [1.54, 1.807) is 13.8 Å². The Morgan fingerprint density at radius 2 is 1.95 bits per heavy atom. The number of para-hydroxylation sites is 1. The standard InChI is InChI=1S/C15H22N2O2/c1-5-12-8-6-7-11(4)14(12)17-13(18)9-16-15(19)10(2)3/h6-8,10H,5,9H2,1-4H3,(H,16,19)(H,17,18). The van der Waals surface area contributed by atoms with Gasteiger partial charge in [0, 0.05) is 11.6 Å². The summed E-state index contributed by atoms with van der Waals surface area (Å²) in [6.45, 7) is 7.61. The largest absolute Gasteiger partial charge is 0.347 e. The minimum absolute atomic E-state index is 0.00843. The highest BCUT2D eigenvalue weighted by atomic mass is 16.2. The van der Waals surface area contributed by atoms with Gasteiger partial charge in [-0.3, -0.25) is 9.59 Å². The monoisotopic (exact) mass is 262 g/mol. The summed E-state index contributed by atoms with van der Waals surface area (Å²) in [6, 6.07) is 5.93. The molecule has 104 valence electrons. The van der Waals surface area contributed by atoms with Gasteiger partial charge < -0.3 is 10.6 Å². The average molecular weight is 262 g/mol. The number of benzene rings is 1. The molecule has 0 unspecified atom stereocenters. The van der Waals surface area contributed by atoms with Gasteiger partial charge in [0.2, 0.25) is 11.8 Å². The Hall–Kier alpha value is -1.84. The van der Waals surface area contributed by atoms with E-state index in [-0.39, 0.29) is 24.3 Å². The smallest absolute Gasteiger partial charge is 0.243 e. The molecule has 1 rings (SSSR count). The maximum atomic E-state index is 11.8. The maximum absolute atomic E-state index is 11.8. The second-order valence-corrected chi connectivity index (χ2v) is 4.88. The molecule has 19 heavy (non-hydrogen) atoms. The minimum atomic E-state index is -0.196. The summed E-state index contributed by atoms with van der Waals surface area (Å²) in [5.41, 5.74) is 2.99. The highest BCUT2D eigenvalue weighted by Gasteiger charge is 2.11. The summed E-state index contributed by atoms with van der Waals surface area (Å²) in [6.07, 6.45) is 0.857. The van der Waals surface area contributed by atoms with Gasteiger partial charge in [0.1, 0.15) is 0 Å². The Morgan fingerprint density at radius 3 is 2.53 bits per heavy atom. The summed E-state index contributed by atoms with van der Waals surface area (Å²) in [4.78, 5) is 23.2. The lowest BCUT2D eigenvalue weighted by Crippen LogP contribution is -2.35. The first-order valence-corrected chi connectivity index (χ1v) is 6.61. The van der Waals surface area contributed by atoms with Crippen LogP contribution < -0.4 is 10.6 Å². The van der Waals surface area contributed by atoms with Crippen molar-refractivity contribution in [3.8, 4) is 0 Å². The zero-order valence-corrected chi connectivity index (χ0v) is 12.0. The lowest BCUT2D eigenvalue weighted by molar-refractivity contribution is -0.126. The molecule has 0 aliphatic rings. The van der Waals surface area contributed by atoms with Crippen LogP contribution in [-0.2, 0) is 16.0 Å². The lowest BCUT2D eigenvalue weighted by atomic mass is 10.1. The number of carbonyl (C=O) groups excluding carboxylic acids is 2. The van der Waals surface area contributed by atoms with Crippen molar-refractivity contribution in [3.63, 3.8) is 0 Å². The molecule has 0 aliphatic heterocycles. The van der Waals surface area contributed by atoms with E-state index in [1.165, 1.54) is 0 Å². The number of carbonyl (C=O) groups is 2. The highest BCUT2D eigenvalue weighted by molar-refractivity contribution is 5.95. The quantitative estimate of drug-likeness (QED) is 0.855. The van der Waals surface area contributed by atoms with Gasteiger partial charge in [0.05, 0.1) is 6.54 Å². The van der Waals surface area contributed by atoms with Crippen molar-refractivity contribution in [3.05, 3.63) is 29.3 Å². The summed E-state index contributed by atoms with van der Waals surface area (Å²) in [5.74, 6) is -0.425. The minimum Gasteiger partial charge on any atom is -0.347 e. The summed E-state index contributed by atoms with van der Waals surface area (Å²) in [7, 11) is 0. The van der Waals surface area contributed by atoms with E-state index in [2.05, 4.69) is 10.6 Å². The zero-order valence-electron chi connectivity index (χ0n) is 12.0. The van der Waals surface area contributed by atoms with Gasteiger partial charge in [0.15, 0.2) is 0 Å². The number of anilines is 1. The van der Waals surface area contributed by atoms with Gasteiger partial charge in [-0.2, -0.15) is 0 Å². The van der Waals surface area contributed by atoms with Crippen LogP contribution in [0, 0.1) is 12.8 Å². The molecule has 0 radical (unpaired) electrons. The third-order valence-corrected chi connectivity index (χ3v) is 2.95. The van der Waals surface area contributed by atoms with Crippen molar-refractivity contribution in [2.24, 2.45) is 5.92 Å². The van der Waals surface area contributed by atoms with Crippen LogP contribution >= 0.6 is 0 Å². The van der Waals surface area contributed by atoms with Crippen molar-refractivity contribution in [1.82, 2.24) is 5.32 Å². The number of hydrogen-bond acceptors (Lipinski definition) is 2. The second kappa shape index (κ2) is 6.92. The third-order valence-electron chi connectivity index (χ3n) is 2.95. The molecule has 0 saturated heterocycles. The molecule has 2 N–H and O–H groups in total. The van der Waals surface area contributed by atoms with Gasteiger partial charge in [0.25, 0.3) is 0 Å². The van der Waals surface area contributed by atoms with Crippen LogP contribution in [0.15, 0.2) is 18.2 Å². The molecular formula is C15H22N2O2. The van der Waals surface area contributed by atoms with E-state index < -0.39 is 0 Å². The molecule has 0 aromatic heterocycles. The van der Waals surface area contributed by atoms with Crippen LogP contribution in [0.3, 0.4) is 0 Å². The van der Waals surface area contributed by atoms with Gasteiger partial charge >= 0.3 is 0 Å². The molecule has 0 bridgehead atoms. The number of hydrogen-bond donors (Lipinski definition) is 2. The molecule has 0 aliphatic carbocycles. The first-order chi connectivity index (χ1) is 8.95. The van der Waals surface area contributed by atoms with Crippen molar-refractivity contribution in [2.45, 2.75) is 34.1 Å². The molecule has 1 aromatic carbocycles. The Kier molecular flexibility index (Phi) is 5.55. The molecule has 1 aromatic rings. The first-order valence-electron chi connectivity index (χ1n) is 6.61. The van der Waals surface area contributed by atoms with Gasteiger partial charge in [-0.1, -0.05) is 39.0 Å². The molecule has 0 heterocycles. The molecule has 0 spiro atoms. The Morgan fingerprint density at radius 1 is 1.26 bits per heavy atom. The normalized spacial score (nSPS) is 10.4. The fourth-order valence-corrected chi connectivity index (χ4v) is 1.76. The van der Waals surface area contributed by atoms with Crippen molar-refractivity contribution < 1.29 is 9.59 Å². The molecule has 0 atom stereocenters. The van der Waals surface area contributed by atoms with E-state index in [1.807, 2.05) is 32.0 Å². The fourth-order valence-electron chi connectivity index (χ4n) is 1.76. The molecule has 2 amide bonds. The zero-order chi connectivity index (χ0) is 14.4. The van der Waals surface area contributed by atoms with Gasteiger partial charge in [-0.05, 0) is 24.5 Å². The molecule has 4 heteroatoms. The third kappa shape index (κ3) is 4.39. The summed E-state index contributed by atoms with van der Waals surface area (Å²) >= 11 is 0. The lowest BCUT2D eigenvalue weighted by Gasteiger charge is -2.13. The Balaban J connectivity index is 2.65.